The van der Waals surface area contributed by atoms with E-state index < -0.39 is 10.9 Å². The predicted molar refractivity (Wildman–Crippen MR) is 183 cm³/mol. The largest absolute Gasteiger partial charge is 0.484 e. The van der Waals surface area contributed by atoms with Gasteiger partial charge in [0.2, 0.25) is 10.9 Å². The zero-order chi connectivity index (χ0) is 33.2. The Labute approximate surface area is 273 Å². The van der Waals surface area contributed by atoms with Crippen LogP contribution in [0.3, 0.4) is 0 Å². The second kappa shape index (κ2) is 13.3. The van der Waals surface area contributed by atoms with Crippen LogP contribution >= 0.6 is 0 Å². The van der Waals surface area contributed by atoms with Crippen molar-refractivity contribution in [3.8, 4) is 5.75 Å². The third-order valence-electron chi connectivity index (χ3n) is 8.96. The van der Waals surface area contributed by atoms with Crippen molar-refractivity contribution in [3.05, 3.63) is 83.3 Å². The molecule has 0 unspecified atom stereocenters. The third kappa shape index (κ3) is 7.81. The minimum absolute atomic E-state index is 0.183. The van der Waals surface area contributed by atoms with Crippen molar-refractivity contribution in [1.82, 2.24) is 19.9 Å². The average Bonchev–Trinajstić information content (AvgIpc) is 3.41. The van der Waals surface area contributed by atoms with Crippen molar-refractivity contribution in [3.63, 3.8) is 0 Å². The highest BCUT2D eigenvalue weighted by molar-refractivity contribution is 7.73. The molecule has 2 aromatic carbocycles. The highest BCUT2D eigenvalue weighted by Crippen LogP contribution is 2.39. The molecule has 3 N–H and O–H groups in total. The van der Waals surface area contributed by atoms with E-state index in [0.29, 0.717) is 24.2 Å². The molecule has 2 amide bonds. The van der Waals surface area contributed by atoms with Crippen LogP contribution in [0.2, 0.25) is 0 Å². The number of benzene rings is 2. The summed E-state index contributed by atoms with van der Waals surface area (Å²) in [6.07, 6.45) is 5.30. The van der Waals surface area contributed by atoms with Crippen LogP contribution in [0.25, 0.3) is 5.65 Å². The lowest BCUT2D eigenvalue weighted by Crippen LogP contribution is -2.35. The number of carbonyl (C=O) groups is 1. The van der Waals surface area contributed by atoms with Gasteiger partial charge in [0.25, 0.3) is 0 Å². The van der Waals surface area contributed by atoms with Crippen LogP contribution in [0, 0.1) is 5.41 Å². The smallest absolute Gasteiger partial charge is 0.319 e. The van der Waals surface area contributed by atoms with Gasteiger partial charge in [-0.2, -0.15) is 0 Å². The second-order valence-electron chi connectivity index (χ2n) is 14.2. The molecule has 2 heterocycles. The molecule has 0 aliphatic heterocycles. The Kier molecular flexibility index (Phi) is 9.62. The van der Waals surface area contributed by atoms with Crippen LogP contribution < -0.4 is 20.1 Å². The Morgan fingerprint density at radius 3 is 2.41 bits per heavy atom. The van der Waals surface area contributed by atoms with Gasteiger partial charge in [0.05, 0.1) is 17.9 Å². The van der Waals surface area contributed by atoms with E-state index in [1.54, 1.807) is 12.1 Å². The molecular weight excluding hydrogens is 600 g/mol. The van der Waals surface area contributed by atoms with E-state index in [2.05, 4.69) is 59.3 Å². The standard InChI is InChI=1S/C35H46N6O4S/c1-8-35(6,7)20-22(2)32-39-38-31-16-13-26(21-41(31)32)45-30-15-14-29(27-11-9-10-12-28(27)30)37-33(42)36-24-17-23(34(3,4)5)18-25(19-24)40-46(43)44/h9-13,16-19,21-22,29-30,46H,8,14-15,20H2,1-7H3,(H2,36,37,42)(H,40,43,44)/t22-,29-,30+/m0/s1. The van der Waals surface area contributed by atoms with Crippen LogP contribution in [0.4, 0.5) is 16.2 Å². The maximum atomic E-state index is 13.2. The van der Waals surface area contributed by atoms with E-state index in [1.807, 2.05) is 67.8 Å². The quantitative estimate of drug-likeness (QED) is 0.131. The molecule has 46 heavy (non-hydrogen) atoms. The van der Waals surface area contributed by atoms with E-state index >= 15 is 0 Å². The predicted octanol–water partition coefficient (Wildman–Crippen LogP) is 7.67. The Bertz CT molecular complexity index is 1780. The number of ether oxygens (including phenoxy) is 1. The highest BCUT2D eigenvalue weighted by atomic mass is 32.2. The van der Waals surface area contributed by atoms with Crippen LogP contribution in [0.1, 0.15) is 115 Å². The van der Waals surface area contributed by atoms with Crippen molar-refractivity contribution >= 4 is 33.9 Å². The summed E-state index contributed by atoms with van der Waals surface area (Å²) in [5, 5.41) is 15.0. The number of carbonyl (C=O) groups excluding carboxylic acids is 1. The van der Waals surface area contributed by atoms with Crippen LogP contribution in [0.15, 0.2) is 60.8 Å². The van der Waals surface area contributed by atoms with Crippen molar-refractivity contribution in [1.29, 1.82) is 0 Å². The number of thiol groups is 1. The first-order valence-corrected chi connectivity index (χ1v) is 17.1. The first-order chi connectivity index (χ1) is 21.7. The second-order valence-corrected chi connectivity index (χ2v) is 14.9. The topological polar surface area (TPSA) is 127 Å². The molecule has 4 aromatic rings. The monoisotopic (exact) mass is 646 g/mol. The summed E-state index contributed by atoms with van der Waals surface area (Å²) in [6.45, 7) is 15.1. The molecule has 0 spiro atoms. The van der Waals surface area contributed by atoms with Gasteiger partial charge < -0.3 is 15.4 Å². The van der Waals surface area contributed by atoms with Gasteiger partial charge in [-0.3, -0.25) is 9.12 Å². The number of hydrogen-bond donors (Lipinski definition) is 4. The van der Waals surface area contributed by atoms with Gasteiger partial charge in [0.1, 0.15) is 17.7 Å². The number of nitrogens with zero attached hydrogens (tertiary/aromatic N) is 3. The number of fused-ring (bicyclic) bond motifs is 2. The van der Waals surface area contributed by atoms with E-state index in [0.717, 1.165) is 46.8 Å². The molecule has 2 aromatic heterocycles. The normalized spacial score (nSPS) is 17.4. The number of rotatable bonds is 10. The van der Waals surface area contributed by atoms with Crippen molar-refractivity contribution in [2.45, 2.75) is 97.6 Å². The van der Waals surface area contributed by atoms with Crippen LogP contribution in [-0.2, 0) is 16.3 Å². The zero-order valence-corrected chi connectivity index (χ0v) is 28.7. The van der Waals surface area contributed by atoms with Crippen LogP contribution in [0.5, 0.6) is 5.75 Å². The molecule has 0 saturated carbocycles. The van der Waals surface area contributed by atoms with E-state index in [1.165, 1.54) is 0 Å². The number of urea groups is 1. The molecule has 0 radical (unpaired) electrons. The Morgan fingerprint density at radius 1 is 1.00 bits per heavy atom. The molecule has 10 nitrogen and oxygen atoms in total. The van der Waals surface area contributed by atoms with E-state index in [9.17, 15) is 13.2 Å². The van der Waals surface area contributed by atoms with Gasteiger partial charge >= 0.3 is 6.03 Å². The molecular formula is C35H46N6O4S. The summed E-state index contributed by atoms with van der Waals surface area (Å²) in [5.41, 5.74) is 4.59. The first-order valence-electron chi connectivity index (χ1n) is 16.0. The molecule has 5 rings (SSSR count). The summed E-state index contributed by atoms with van der Waals surface area (Å²) in [4.78, 5) is 13.2. The fourth-order valence-corrected chi connectivity index (χ4v) is 6.51. The molecule has 1 aliphatic rings. The van der Waals surface area contributed by atoms with Crippen LogP contribution in [-0.4, -0.2) is 29.0 Å². The maximum Gasteiger partial charge on any atom is 0.319 e. The lowest BCUT2D eigenvalue weighted by atomic mass is 9.81. The van der Waals surface area contributed by atoms with Gasteiger partial charge in [-0.05, 0) is 77.1 Å². The first kappa shape index (κ1) is 33.2. The molecule has 1 aliphatic carbocycles. The average molecular weight is 647 g/mol. The SMILES string of the molecule is CCC(C)(C)C[C@H](C)c1nnc2ccc(O[C@@H]3CC[C@H](NC(=O)Nc4cc(N[SH](=O)=O)cc(C(C)(C)C)c4)c4ccccc43)cn12. The number of anilines is 2. The summed E-state index contributed by atoms with van der Waals surface area (Å²) in [6, 6.07) is 16.6. The van der Waals surface area contributed by atoms with Gasteiger partial charge in [-0.15, -0.1) is 10.2 Å². The minimum atomic E-state index is -2.84. The third-order valence-corrected chi connectivity index (χ3v) is 9.40. The van der Waals surface area contributed by atoms with Gasteiger partial charge in [0.15, 0.2) is 5.65 Å². The number of amides is 2. The van der Waals surface area contributed by atoms with Crippen molar-refractivity contribution in [2.75, 3.05) is 10.0 Å². The van der Waals surface area contributed by atoms with E-state index in [4.69, 9.17) is 4.74 Å². The Hall–Kier alpha value is -4.12. The Morgan fingerprint density at radius 2 is 1.72 bits per heavy atom. The molecule has 0 saturated heterocycles. The Balaban J connectivity index is 1.32. The number of pyridine rings is 1. The van der Waals surface area contributed by atoms with Gasteiger partial charge in [-0.1, -0.05) is 79.2 Å². The lowest BCUT2D eigenvalue weighted by molar-refractivity contribution is 0.171. The summed E-state index contributed by atoms with van der Waals surface area (Å²) in [5.74, 6) is 1.91. The number of nitrogens with one attached hydrogen (secondary N) is 3. The van der Waals surface area contributed by atoms with Gasteiger partial charge in [-0.25, -0.2) is 13.2 Å². The number of hydrogen-bond acceptors (Lipinski definition) is 6. The minimum Gasteiger partial charge on any atom is -0.484 e. The summed E-state index contributed by atoms with van der Waals surface area (Å²) < 4.78 is 33.7. The van der Waals surface area contributed by atoms with E-state index in [-0.39, 0.29) is 34.9 Å². The highest BCUT2D eigenvalue weighted by Gasteiger charge is 2.30. The van der Waals surface area contributed by atoms with Crippen molar-refractivity contribution in [2.24, 2.45) is 5.41 Å². The molecule has 246 valence electrons. The van der Waals surface area contributed by atoms with Crippen molar-refractivity contribution < 1.29 is 17.9 Å². The number of aromatic nitrogens is 3. The lowest BCUT2D eigenvalue weighted by Gasteiger charge is -2.32. The summed E-state index contributed by atoms with van der Waals surface area (Å²) >= 11 is 0. The molecule has 0 bridgehead atoms. The molecule has 0 fully saturated rings. The van der Waals surface area contributed by atoms with Gasteiger partial charge in [0, 0.05) is 11.6 Å². The maximum absolute atomic E-state index is 13.2. The summed E-state index contributed by atoms with van der Waals surface area (Å²) in [7, 11) is -2.84. The molecule has 3 atom stereocenters. The molecule has 11 heteroatoms. The fourth-order valence-electron chi connectivity index (χ4n) is 6.17. The fraction of sp³-hybridized carbons (Fsp3) is 0.457. The zero-order valence-electron chi connectivity index (χ0n) is 27.8.